The van der Waals surface area contributed by atoms with Crippen molar-refractivity contribution in [1.29, 1.82) is 0 Å². The fourth-order valence-corrected chi connectivity index (χ4v) is 11.6. The molecule has 0 radical (unpaired) electrons. The maximum absolute atomic E-state index is 7.27. The molecule has 0 atom stereocenters. The summed E-state index contributed by atoms with van der Waals surface area (Å²) in [5.41, 5.74) is 11.6. The van der Waals surface area contributed by atoms with Gasteiger partial charge in [-0.1, -0.05) is 133 Å². The molecule has 274 valence electrons. The van der Waals surface area contributed by atoms with Crippen LogP contribution in [0, 0.1) is 0 Å². The lowest BCUT2D eigenvalue weighted by molar-refractivity contribution is 0.651. The van der Waals surface area contributed by atoms with Crippen molar-refractivity contribution < 1.29 is 4.42 Å². The van der Waals surface area contributed by atoms with Crippen molar-refractivity contribution in [2.75, 3.05) is 4.90 Å². The number of anilines is 3. The van der Waals surface area contributed by atoms with Gasteiger partial charge in [0, 0.05) is 33.2 Å². The Bertz CT molecular complexity index is 4080. The zero-order chi connectivity index (χ0) is 38.8. The van der Waals surface area contributed by atoms with Gasteiger partial charge in [0.05, 0.1) is 22.4 Å². The second-order valence-corrected chi connectivity index (χ2v) is 16.7. The summed E-state index contributed by atoms with van der Waals surface area (Å²) in [7, 11) is 0. The van der Waals surface area contributed by atoms with Crippen LogP contribution in [0.3, 0.4) is 0 Å². The largest absolute Gasteiger partial charge is 0.468 e. The maximum Gasteiger partial charge on any atom is 0.297 e. The summed E-state index contributed by atoms with van der Waals surface area (Å²) in [5, 5.41) is 19.0. The van der Waals surface area contributed by atoms with E-state index in [4.69, 9.17) is 4.42 Å². The number of fused-ring (bicyclic) bond motifs is 22. The van der Waals surface area contributed by atoms with Crippen LogP contribution in [-0.2, 0) is 0 Å². The van der Waals surface area contributed by atoms with Crippen LogP contribution in [0.25, 0.3) is 103 Å². The van der Waals surface area contributed by atoms with Gasteiger partial charge in [-0.05, 0) is 130 Å². The van der Waals surface area contributed by atoms with Gasteiger partial charge in [0.15, 0.2) is 0 Å². The van der Waals surface area contributed by atoms with Gasteiger partial charge in [0.1, 0.15) is 5.58 Å². The van der Waals surface area contributed by atoms with Crippen molar-refractivity contribution in [1.82, 2.24) is 4.57 Å². The highest BCUT2D eigenvalue weighted by atomic mass is 16.3. The molecule has 2 aliphatic rings. The maximum atomic E-state index is 7.27. The molecule has 0 spiro atoms. The van der Waals surface area contributed by atoms with E-state index in [1.54, 1.807) is 0 Å². The van der Waals surface area contributed by atoms with Gasteiger partial charge >= 0.3 is 0 Å². The Hall–Kier alpha value is -7.82. The predicted molar refractivity (Wildman–Crippen MR) is 255 cm³/mol. The lowest BCUT2D eigenvalue weighted by Gasteiger charge is -2.38. The minimum Gasteiger partial charge on any atom is -0.468 e. The quantitative estimate of drug-likeness (QED) is 0.123. The monoisotopic (exact) mass is 758 g/mol. The average Bonchev–Trinajstić information content (AvgIpc) is 3.86. The Morgan fingerprint density at radius 3 is 1.57 bits per heavy atom. The summed E-state index contributed by atoms with van der Waals surface area (Å²) in [6.07, 6.45) is 0. The number of hydrogen-bond donors (Lipinski definition) is 0. The first-order valence-corrected chi connectivity index (χ1v) is 20.9. The second kappa shape index (κ2) is 11.0. The van der Waals surface area contributed by atoms with E-state index in [-0.39, 0.29) is 6.71 Å². The Balaban J connectivity index is 1.23. The number of furan rings is 1. The fourth-order valence-electron chi connectivity index (χ4n) is 11.6. The molecule has 0 saturated heterocycles. The third-order valence-corrected chi connectivity index (χ3v) is 13.9. The molecule has 0 N–H and O–H groups in total. The molecule has 2 aromatic heterocycles. The van der Waals surface area contributed by atoms with Crippen LogP contribution in [0.2, 0.25) is 0 Å². The first-order valence-electron chi connectivity index (χ1n) is 20.9. The molecule has 0 bridgehead atoms. The van der Waals surface area contributed by atoms with Gasteiger partial charge in [-0.3, -0.25) is 0 Å². The Labute approximate surface area is 344 Å². The molecule has 0 amide bonds. The normalized spacial score (nSPS) is 13.3. The zero-order valence-corrected chi connectivity index (χ0v) is 32.3. The minimum atomic E-state index is -0.165. The number of aromatic nitrogens is 1. The van der Waals surface area contributed by atoms with Crippen LogP contribution < -0.4 is 21.5 Å². The van der Waals surface area contributed by atoms with Crippen molar-refractivity contribution in [2.24, 2.45) is 0 Å². The van der Waals surface area contributed by atoms with Crippen molar-refractivity contribution >= 4 is 138 Å². The number of rotatable bonds is 1. The summed E-state index contributed by atoms with van der Waals surface area (Å²) in [5.74, 6) is 0. The van der Waals surface area contributed by atoms with E-state index in [0.29, 0.717) is 0 Å². The smallest absolute Gasteiger partial charge is 0.297 e. The number of para-hydroxylation sites is 2. The summed E-state index contributed by atoms with van der Waals surface area (Å²) in [6, 6.07) is 69.8. The molecule has 2 aliphatic heterocycles. The van der Waals surface area contributed by atoms with Crippen molar-refractivity contribution in [3.63, 3.8) is 0 Å². The highest BCUT2D eigenvalue weighted by Crippen LogP contribution is 2.48. The molecule has 3 nitrogen and oxygen atoms in total. The third-order valence-electron chi connectivity index (χ3n) is 13.9. The lowest BCUT2D eigenvalue weighted by Crippen LogP contribution is -2.60. The molecule has 11 aromatic carbocycles. The molecular weight excluding hydrogens is 727 g/mol. The number of benzene rings is 11. The molecule has 13 aromatic rings. The molecule has 60 heavy (non-hydrogen) atoms. The third kappa shape index (κ3) is 3.70. The zero-order valence-electron chi connectivity index (χ0n) is 32.3. The van der Waals surface area contributed by atoms with Crippen LogP contribution in [0.1, 0.15) is 0 Å². The van der Waals surface area contributed by atoms with E-state index in [9.17, 15) is 0 Å². The first kappa shape index (κ1) is 31.2. The van der Waals surface area contributed by atoms with Crippen LogP contribution >= 0.6 is 0 Å². The summed E-state index contributed by atoms with van der Waals surface area (Å²) >= 11 is 0. The van der Waals surface area contributed by atoms with Crippen molar-refractivity contribution in [3.05, 3.63) is 188 Å². The minimum absolute atomic E-state index is 0.165. The SMILES string of the molecule is c1ccc(N2c3cccc4c3B(c3oc5ccccc5c32)c2c3c5ccccc5c5ccccc5c3cc3c5cc6c7ccccc7c7ccccc7c6cc5n-4c23)cc1. The standard InChI is InChI=1S/C56H31BN2O/c1-2-15-32(16-3-1)58-47-26-14-27-48-52(47)57(56-55(58)41-25-12-13-28-50(41)60-56)53-51-40-24-11-10-20-36(40)35-19-6-9-23-39(35)45(51)30-46-44-29-42-37-21-7-4-17-33(37)34-18-5-8-22-38(34)43(42)31-49(44)59(48)54(46)53/h1-31H. The topological polar surface area (TPSA) is 21.3 Å². The molecule has 4 heteroatoms. The summed E-state index contributed by atoms with van der Waals surface area (Å²) in [4.78, 5) is 2.46. The molecular formula is C56H31BN2O. The molecule has 4 heterocycles. The molecule has 0 saturated carbocycles. The predicted octanol–water partition coefficient (Wildman–Crippen LogP) is 13.1. The van der Waals surface area contributed by atoms with E-state index in [1.807, 2.05) is 0 Å². The van der Waals surface area contributed by atoms with Crippen LogP contribution in [0.5, 0.6) is 0 Å². The highest BCUT2D eigenvalue weighted by Gasteiger charge is 2.46. The van der Waals surface area contributed by atoms with Gasteiger partial charge in [0.25, 0.3) is 6.71 Å². The second-order valence-electron chi connectivity index (χ2n) is 16.7. The van der Waals surface area contributed by atoms with E-state index < -0.39 is 0 Å². The summed E-state index contributed by atoms with van der Waals surface area (Å²) in [6.45, 7) is -0.165. The van der Waals surface area contributed by atoms with E-state index in [0.717, 1.165) is 28.0 Å². The van der Waals surface area contributed by atoms with Gasteiger partial charge < -0.3 is 13.9 Å². The number of nitrogens with zero attached hydrogens (tertiary/aromatic N) is 2. The van der Waals surface area contributed by atoms with Crippen LogP contribution in [-0.4, -0.2) is 11.3 Å². The van der Waals surface area contributed by atoms with E-state index in [1.165, 1.54) is 109 Å². The summed E-state index contributed by atoms with van der Waals surface area (Å²) < 4.78 is 9.88. The lowest BCUT2D eigenvalue weighted by atomic mass is 9.35. The van der Waals surface area contributed by atoms with Gasteiger partial charge in [-0.2, -0.15) is 0 Å². The van der Waals surface area contributed by atoms with Gasteiger partial charge in [0.2, 0.25) is 0 Å². The first-order chi connectivity index (χ1) is 29.8. The molecule has 0 unspecified atom stereocenters. The van der Waals surface area contributed by atoms with Crippen molar-refractivity contribution in [2.45, 2.75) is 0 Å². The van der Waals surface area contributed by atoms with Crippen LogP contribution in [0.15, 0.2) is 192 Å². The highest BCUT2D eigenvalue weighted by molar-refractivity contribution is 7.01. The fraction of sp³-hybridized carbons (Fsp3) is 0. The molecule has 0 aliphatic carbocycles. The van der Waals surface area contributed by atoms with Crippen molar-refractivity contribution in [3.8, 4) is 5.69 Å². The number of hydrogen-bond acceptors (Lipinski definition) is 2. The molecule has 15 rings (SSSR count). The Morgan fingerprint density at radius 1 is 0.367 bits per heavy atom. The van der Waals surface area contributed by atoms with Crippen LogP contribution in [0.4, 0.5) is 17.1 Å². The Kier molecular flexibility index (Phi) is 5.73. The van der Waals surface area contributed by atoms with Gasteiger partial charge in [-0.25, -0.2) is 0 Å². The molecule has 0 fully saturated rings. The Morgan fingerprint density at radius 2 is 0.883 bits per heavy atom. The average molecular weight is 759 g/mol. The van der Waals surface area contributed by atoms with Gasteiger partial charge in [-0.15, -0.1) is 0 Å². The van der Waals surface area contributed by atoms with E-state index >= 15 is 0 Å². The van der Waals surface area contributed by atoms with E-state index in [2.05, 4.69) is 198 Å².